The van der Waals surface area contributed by atoms with Crippen LogP contribution in [0.1, 0.15) is 27.7 Å². The number of carbonyl (C=O) groups excluding carboxylic acids is 1. The van der Waals surface area contributed by atoms with Gasteiger partial charge in [-0.1, -0.05) is 0 Å². The summed E-state index contributed by atoms with van der Waals surface area (Å²) in [6.45, 7) is 8.55. The highest BCUT2D eigenvalue weighted by molar-refractivity contribution is 5.89. The first kappa shape index (κ1) is 16.5. The summed E-state index contributed by atoms with van der Waals surface area (Å²) in [7, 11) is 0. The first-order chi connectivity index (χ1) is 10.3. The zero-order chi connectivity index (χ0) is 16.3. The van der Waals surface area contributed by atoms with Crippen molar-refractivity contribution >= 4 is 11.7 Å². The SMILES string of the molecule is CC(C)Oc1ccc(NC(=O)N2C[C@@H](C)O[C@@H](C)C2)c(F)c1. The van der Waals surface area contributed by atoms with Crippen LogP contribution >= 0.6 is 0 Å². The standard InChI is InChI=1S/C16H23FN2O3/c1-10(2)21-13-5-6-15(14(17)7-13)18-16(20)19-8-11(3)22-12(4)9-19/h5-7,10-12H,8-9H2,1-4H3,(H,18,20)/t11-,12+. The second-order valence-corrected chi connectivity index (χ2v) is 5.90. The third kappa shape index (κ3) is 4.34. The van der Waals surface area contributed by atoms with Gasteiger partial charge in [-0.25, -0.2) is 9.18 Å². The van der Waals surface area contributed by atoms with Crippen molar-refractivity contribution in [2.24, 2.45) is 0 Å². The summed E-state index contributed by atoms with van der Waals surface area (Å²) in [5.74, 6) is -0.0695. The summed E-state index contributed by atoms with van der Waals surface area (Å²) in [6.07, 6.45) is -0.0847. The van der Waals surface area contributed by atoms with Crippen LogP contribution < -0.4 is 10.1 Å². The van der Waals surface area contributed by atoms with Crippen molar-refractivity contribution in [1.29, 1.82) is 0 Å². The Morgan fingerprint density at radius 3 is 2.55 bits per heavy atom. The third-order valence-corrected chi connectivity index (χ3v) is 3.26. The number of nitrogens with zero attached hydrogens (tertiary/aromatic N) is 1. The minimum absolute atomic E-state index is 0.0267. The fourth-order valence-corrected chi connectivity index (χ4v) is 2.48. The molecule has 1 saturated heterocycles. The number of ether oxygens (including phenoxy) is 2. The summed E-state index contributed by atoms with van der Waals surface area (Å²) in [4.78, 5) is 13.9. The average Bonchev–Trinajstić information content (AvgIpc) is 2.40. The maximum Gasteiger partial charge on any atom is 0.322 e. The molecule has 0 saturated carbocycles. The van der Waals surface area contributed by atoms with Gasteiger partial charge in [0.25, 0.3) is 0 Å². The number of morpholine rings is 1. The summed E-state index contributed by atoms with van der Waals surface area (Å²) in [6, 6.07) is 4.11. The third-order valence-electron chi connectivity index (χ3n) is 3.26. The van der Waals surface area contributed by atoms with Gasteiger partial charge in [0.05, 0.1) is 24.0 Å². The molecule has 0 bridgehead atoms. The van der Waals surface area contributed by atoms with E-state index < -0.39 is 5.82 Å². The van der Waals surface area contributed by atoms with Crippen LogP contribution in [0.25, 0.3) is 0 Å². The Hall–Kier alpha value is -1.82. The number of urea groups is 1. The van der Waals surface area contributed by atoms with Gasteiger partial charge in [-0.15, -0.1) is 0 Å². The van der Waals surface area contributed by atoms with Crippen LogP contribution in [0.15, 0.2) is 18.2 Å². The number of carbonyl (C=O) groups is 1. The number of amides is 2. The largest absolute Gasteiger partial charge is 0.491 e. The van der Waals surface area contributed by atoms with Crippen LogP contribution in [-0.2, 0) is 4.74 Å². The summed E-state index contributed by atoms with van der Waals surface area (Å²) < 4.78 is 25.0. The van der Waals surface area contributed by atoms with Gasteiger partial charge in [-0.05, 0) is 39.8 Å². The summed E-state index contributed by atoms with van der Waals surface area (Å²) >= 11 is 0. The van der Waals surface area contributed by atoms with Crippen LogP contribution in [0.5, 0.6) is 5.75 Å². The molecular formula is C16H23FN2O3. The fourth-order valence-electron chi connectivity index (χ4n) is 2.48. The van der Waals surface area contributed by atoms with E-state index in [9.17, 15) is 9.18 Å². The van der Waals surface area contributed by atoms with E-state index in [0.717, 1.165) is 0 Å². The average molecular weight is 310 g/mol. The molecule has 122 valence electrons. The molecule has 22 heavy (non-hydrogen) atoms. The lowest BCUT2D eigenvalue weighted by atomic mass is 10.2. The lowest BCUT2D eigenvalue weighted by molar-refractivity contribution is -0.0530. The van der Waals surface area contributed by atoms with Crippen molar-refractivity contribution in [3.05, 3.63) is 24.0 Å². The molecule has 1 aromatic rings. The number of rotatable bonds is 3. The molecule has 0 aromatic heterocycles. The molecule has 1 heterocycles. The second-order valence-electron chi connectivity index (χ2n) is 5.90. The second kappa shape index (κ2) is 6.96. The predicted octanol–water partition coefficient (Wildman–Crippen LogP) is 3.25. The number of benzene rings is 1. The molecule has 0 spiro atoms. The van der Waals surface area contributed by atoms with E-state index in [-0.39, 0.29) is 30.0 Å². The van der Waals surface area contributed by atoms with Gasteiger partial charge in [0.1, 0.15) is 11.6 Å². The van der Waals surface area contributed by atoms with Gasteiger partial charge in [0, 0.05) is 19.2 Å². The highest BCUT2D eigenvalue weighted by Gasteiger charge is 2.26. The highest BCUT2D eigenvalue weighted by atomic mass is 19.1. The molecule has 1 fully saturated rings. The number of nitrogens with one attached hydrogen (secondary N) is 1. The number of anilines is 1. The molecule has 6 heteroatoms. The van der Waals surface area contributed by atoms with Crippen molar-refractivity contribution in [2.45, 2.75) is 46.0 Å². The first-order valence-electron chi connectivity index (χ1n) is 7.52. The Kier molecular flexibility index (Phi) is 5.24. The Labute approximate surface area is 130 Å². The molecule has 2 atom stereocenters. The molecule has 0 radical (unpaired) electrons. The number of hydrogen-bond acceptors (Lipinski definition) is 3. The molecule has 2 amide bonds. The van der Waals surface area contributed by atoms with E-state index in [1.165, 1.54) is 12.1 Å². The van der Waals surface area contributed by atoms with Crippen LogP contribution in [0.4, 0.5) is 14.9 Å². The van der Waals surface area contributed by atoms with Gasteiger partial charge >= 0.3 is 6.03 Å². The maximum absolute atomic E-state index is 14.0. The van der Waals surface area contributed by atoms with Gasteiger partial charge in [-0.3, -0.25) is 0 Å². The van der Waals surface area contributed by atoms with Gasteiger partial charge in [0.15, 0.2) is 0 Å². The quantitative estimate of drug-likeness (QED) is 0.932. The lowest BCUT2D eigenvalue weighted by Crippen LogP contribution is -2.49. The first-order valence-corrected chi connectivity index (χ1v) is 7.52. The molecule has 1 N–H and O–H groups in total. The van der Waals surface area contributed by atoms with Crippen LogP contribution in [-0.4, -0.2) is 42.3 Å². The van der Waals surface area contributed by atoms with E-state index in [1.54, 1.807) is 11.0 Å². The van der Waals surface area contributed by atoms with Crippen LogP contribution in [0, 0.1) is 5.82 Å². The highest BCUT2D eigenvalue weighted by Crippen LogP contribution is 2.22. The fraction of sp³-hybridized carbons (Fsp3) is 0.562. The monoisotopic (exact) mass is 310 g/mol. The number of hydrogen-bond donors (Lipinski definition) is 1. The molecule has 0 aliphatic carbocycles. The molecule has 1 aromatic carbocycles. The van der Waals surface area contributed by atoms with Crippen molar-refractivity contribution in [3.63, 3.8) is 0 Å². The Balaban J connectivity index is 2.02. The zero-order valence-corrected chi connectivity index (χ0v) is 13.4. The van der Waals surface area contributed by atoms with Crippen molar-refractivity contribution in [1.82, 2.24) is 4.90 Å². The Morgan fingerprint density at radius 2 is 2.00 bits per heavy atom. The van der Waals surface area contributed by atoms with Crippen molar-refractivity contribution in [3.8, 4) is 5.75 Å². The smallest absolute Gasteiger partial charge is 0.322 e. The lowest BCUT2D eigenvalue weighted by Gasteiger charge is -2.35. The number of halogens is 1. The Bertz CT molecular complexity index is 526. The van der Waals surface area contributed by atoms with E-state index >= 15 is 0 Å². The molecule has 1 aliphatic heterocycles. The Morgan fingerprint density at radius 1 is 1.36 bits per heavy atom. The van der Waals surface area contributed by atoms with Gasteiger partial charge in [0.2, 0.25) is 0 Å². The summed E-state index contributed by atoms with van der Waals surface area (Å²) in [5.41, 5.74) is 0.146. The van der Waals surface area contributed by atoms with Gasteiger partial charge < -0.3 is 19.7 Å². The van der Waals surface area contributed by atoms with Crippen LogP contribution in [0.2, 0.25) is 0 Å². The normalized spacial score (nSPS) is 21.8. The zero-order valence-electron chi connectivity index (χ0n) is 13.4. The van der Waals surface area contributed by atoms with Gasteiger partial charge in [-0.2, -0.15) is 0 Å². The minimum atomic E-state index is -0.513. The van der Waals surface area contributed by atoms with E-state index in [2.05, 4.69) is 5.32 Å². The van der Waals surface area contributed by atoms with Crippen LogP contribution in [0.3, 0.4) is 0 Å². The van der Waals surface area contributed by atoms with E-state index in [0.29, 0.717) is 18.8 Å². The molecule has 5 nitrogen and oxygen atoms in total. The predicted molar refractivity (Wildman–Crippen MR) is 82.8 cm³/mol. The summed E-state index contributed by atoms with van der Waals surface area (Å²) in [5, 5.41) is 2.60. The maximum atomic E-state index is 14.0. The van der Waals surface area contributed by atoms with E-state index in [4.69, 9.17) is 9.47 Å². The van der Waals surface area contributed by atoms with Crippen molar-refractivity contribution < 1.29 is 18.7 Å². The topological polar surface area (TPSA) is 50.8 Å². The molecule has 1 aliphatic rings. The molecular weight excluding hydrogens is 287 g/mol. The minimum Gasteiger partial charge on any atom is -0.491 e. The molecule has 2 rings (SSSR count). The van der Waals surface area contributed by atoms with E-state index in [1.807, 2.05) is 27.7 Å². The molecule has 0 unspecified atom stereocenters. The van der Waals surface area contributed by atoms with Crippen molar-refractivity contribution in [2.75, 3.05) is 18.4 Å².